The molecule has 180 valence electrons. The van der Waals surface area contributed by atoms with Gasteiger partial charge >= 0.3 is 12.0 Å². The van der Waals surface area contributed by atoms with Gasteiger partial charge in [-0.15, -0.1) is 0 Å². The van der Waals surface area contributed by atoms with Crippen molar-refractivity contribution in [2.45, 2.75) is 31.4 Å². The van der Waals surface area contributed by atoms with Crippen LogP contribution in [-0.4, -0.2) is 92.7 Å². The first-order valence-electron chi connectivity index (χ1n) is 11.1. The Morgan fingerprint density at radius 2 is 1.82 bits per heavy atom. The summed E-state index contributed by atoms with van der Waals surface area (Å²) in [6, 6.07) is 8.87. The average Bonchev–Trinajstić information content (AvgIpc) is 3.04. The van der Waals surface area contributed by atoms with E-state index in [1.807, 2.05) is 30.3 Å². The zero-order valence-corrected chi connectivity index (χ0v) is 19.6. The maximum absolute atomic E-state index is 13.7. The number of likely N-dealkylation sites (N-methyl/N-ethyl adjacent to an activating group) is 1. The van der Waals surface area contributed by atoms with E-state index in [0.29, 0.717) is 25.9 Å². The van der Waals surface area contributed by atoms with E-state index < -0.39 is 23.5 Å². The summed E-state index contributed by atoms with van der Waals surface area (Å²) in [7, 11) is 4.83. The molecule has 2 aliphatic heterocycles. The molecule has 0 saturated carbocycles. The summed E-state index contributed by atoms with van der Waals surface area (Å²) in [5.74, 6) is -1.66. The molecule has 0 radical (unpaired) electrons. The Balaban J connectivity index is 1.77. The lowest BCUT2D eigenvalue weighted by Crippen LogP contribution is -2.60. The van der Waals surface area contributed by atoms with Crippen LogP contribution in [0.5, 0.6) is 0 Å². The summed E-state index contributed by atoms with van der Waals surface area (Å²) in [6.07, 6.45) is -0.0556. The normalized spacial score (nSPS) is 21.8. The highest BCUT2D eigenvalue weighted by atomic mass is 16.5. The maximum Gasteiger partial charge on any atom is 0.325 e. The molecule has 2 fully saturated rings. The monoisotopic (exact) mass is 460 g/mol. The number of carbonyl (C=O) groups excluding carboxylic acids is 4. The van der Waals surface area contributed by atoms with Gasteiger partial charge in [-0.3, -0.25) is 14.4 Å². The van der Waals surface area contributed by atoms with Crippen LogP contribution in [0.2, 0.25) is 0 Å². The number of nitrogens with zero attached hydrogens (tertiary/aromatic N) is 3. The fourth-order valence-corrected chi connectivity index (χ4v) is 4.84. The second kappa shape index (κ2) is 10.2. The second-order valence-electron chi connectivity index (χ2n) is 8.32. The van der Waals surface area contributed by atoms with E-state index in [2.05, 4.69) is 5.32 Å². The molecule has 10 heteroatoms. The van der Waals surface area contributed by atoms with Gasteiger partial charge in [-0.05, 0) is 31.9 Å². The van der Waals surface area contributed by atoms with Gasteiger partial charge in [0.1, 0.15) is 12.6 Å². The van der Waals surface area contributed by atoms with Crippen molar-refractivity contribution in [3.05, 3.63) is 30.3 Å². The zero-order valence-electron chi connectivity index (χ0n) is 19.6. The van der Waals surface area contributed by atoms with Crippen molar-refractivity contribution in [2.24, 2.45) is 5.92 Å². The second-order valence-corrected chi connectivity index (χ2v) is 8.32. The first-order valence-corrected chi connectivity index (χ1v) is 11.1. The zero-order chi connectivity index (χ0) is 24.2. The minimum Gasteiger partial charge on any atom is -0.465 e. The summed E-state index contributed by atoms with van der Waals surface area (Å²) >= 11 is 0. The number of amides is 4. The molecule has 3 rings (SSSR count). The topological polar surface area (TPSA) is 108 Å². The molecule has 1 spiro atoms. The van der Waals surface area contributed by atoms with Gasteiger partial charge < -0.3 is 29.5 Å². The highest BCUT2D eigenvalue weighted by Gasteiger charge is 2.61. The minimum absolute atomic E-state index is 0.203. The van der Waals surface area contributed by atoms with Crippen molar-refractivity contribution in [3.63, 3.8) is 0 Å². The lowest BCUT2D eigenvalue weighted by atomic mass is 9.75. The quantitative estimate of drug-likeness (QED) is 0.631. The van der Waals surface area contributed by atoms with Crippen LogP contribution in [0.4, 0.5) is 10.5 Å². The summed E-state index contributed by atoms with van der Waals surface area (Å²) in [4.78, 5) is 55.5. The van der Waals surface area contributed by atoms with Gasteiger partial charge in [0, 0.05) is 40.0 Å². The fourth-order valence-electron chi connectivity index (χ4n) is 4.84. The van der Waals surface area contributed by atoms with Gasteiger partial charge in [0.05, 0.1) is 18.1 Å². The predicted molar refractivity (Wildman–Crippen MR) is 120 cm³/mol. The van der Waals surface area contributed by atoms with Crippen molar-refractivity contribution in [1.82, 2.24) is 15.1 Å². The number of hydrogen-bond donors (Lipinski definition) is 1. The highest BCUT2D eigenvalue weighted by Crippen LogP contribution is 2.45. The van der Waals surface area contributed by atoms with E-state index in [-0.39, 0.29) is 31.0 Å². The Bertz CT molecular complexity index is 884. The molecule has 0 aliphatic carbocycles. The van der Waals surface area contributed by atoms with Gasteiger partial charge in [-0.2, -0.15) is 0 Å². The molecule has 0 bridgehead atoms. The molecular weight excluding hydrogens is 428 g/mol. The van der Waals surface area contributed by atoms with Crippen molar-refractivity contribution in [3.8, 4) is 0 Å². The van der Waals surface area contributed by atoms with E-state index in [9.17, 15) is 19.2 Å². The van der Waals surface area contributed by atoms with Gasteiger partial charge in [0.25, 0.3) is 5.91 Å². The maximum atomic E-state index is 13.7. The van der Waals surface area contributed by atoms with E-state index in [4.69, 9.17) is 9.47 Å². The van der Waals surface area contributed by atoms with Crippen LogP contribution < -0.4 is 10.2 Å². The van der Waals surface area contributed by atoms with Gasteiger partial charge in [-0.1, -0.05) is 18.2 Å². The van der Waals surface area contributed by atoms with Gasteiger partial charge in [0.2, 0.25) is 5.91 Å². The largest absolute Gasteiger partial charge is 0.465 e. The molecule has 2 saturated heterocycles. The van der Waals surface area contributed by atoms with Gasteiger partial charge in [0.15, 0.2) is 0 Å². The molecule has 0 unspecified atom stereocenters. The molecule has 33 heavy (non-hydrogen) atoms. The van der Waals surface area contributed by atoms with Gasteiger partial charge in [-0.25, -0.2) is 4.79 Å². The first-order chi connectivity index (χ1) is 15.8. The lowest BCUT2D eigenvalue weighted by Gasteiger charge is -2.46. The molecule has 2 atom stereocenters. The molecule has 1 N–H and O–H groups in total. The van der Waals surface area contributed by atoms with Crippen LogP contribution in [0.25, 0.3) is 0 Å². The number of ether oxygens (including phenoxy) is 2. The van der Waals surface area contributed by atoms with Crippen LogP contribution >= 0.6 is 0 Å². The molecule has 1 aromatic rings. The Hall–Kier alpha value is -3.14. The number of carbonyl (C=O) groups is 4. The summed E-state index contributed by atoms with van der Waals surface area (Å²) in [5, 5.41) is 2.56. The van der Waals surface area contributed by atoms with Crippen molar-refractivity contribution < 1.29 is 28.7 Å². The van der Waals surface area contributed by atoms with E-state index in [0.717, 1.165) is 5.69 Å². The number of piperidine rings is 1. The Morgan fingerprint density at radius 3 is 2.39 bits per heavy atom. The predicted octanol–water partition coefficient (Wildman–Crippen LogP) is 0.860. The number of methoxy groups -OCH3 is 1. The van der Waals surface area contributed by atoms with E-state index >= 15 is 0 Å². The van der Waals surface area contributed by atoms with E-state index in [1.54, 1.807) is 35.7 Å². The number of rotatable bonds is 6. The summed E-state index contributed by atoms with van der Waals surface area (Å²) < 4.78 is 10.4. The SMILES string of the molecule is CCOC(=O)CNC(=O)N1CCC2(CC1)[C@H](C(=O)N(C)c1ccccc1)[C@@H](OC)C(=O)N2C. The third kappa shape index (κ3) is 4.66. The summed E-state index contributed by atoms with van der Waals surface area (Å²) in [5.41, 5.74) is -0.0409. The highest BCUT2D eigenvalue weighted by molar-refractivity contribution is 6.02. The van der Waals surface area contributed by atoms with Crippen LogP contribution in [0.15, 0.2) is 30.3 Å². The van der Waals surface area contributed by atoms with Crippen LogP contribution in [0, 0.1) is 5.92 Å². The van der Waals surface area contributed by atoms with Crippen LogP contribution in [0.3, 0.4) is 0 Å². The number of hydrogen-bond acceptors (Lipinski definition) is 6. The van der Waals surface area contributed by atoms with Crippen LogP contribution in [0.1, 0.15) is 19.8 Å². The molecule has 2 heterocycles. The van der Waals surface area contributed by atoms with Crippen molar-refractivity contribution in [1.29, 1.82) is 0 Å². The number of para-hydroxylation sites is 1. The third-order valence-electron chi connectivity index (χ3n) is 6.72. The van der Waals surface area contributed by atoms with Crippen LogP contribution in [-0.2, 0) is 23.9 Å². The molecular formula is C23H32N4O6. The number of benzene rings is 1. The van der Waals surface area contributed by atoms with Crippen molar-refractivity contribution >= 4 is 29.5 Å². The Labute approximate surface area is 193 Å². The molecule has 1 aromatic carbocycles. The smallest absolute Gasteiger partial charge is 0.325 e. The first kappa shape index (κ1) is 24.5. The minimum atomic E-state index is -0.891. The number of urea groups is 1. The molecule has 0 aromatic heterocycles. The molecule has 2 aliphatic rings. The number of likely N-dealkylation sites (tertiary alicyclic amines) is 2. The summed E-state index contributed by atoms with van der Waals surface area (Å²) in [6.45, 7) is 2.41. The number of nitrogens with one attached hydrogen (secondary N) is 1. The van der Waals surface area contributed by atoms with E-state index in [1.165, 1.54) is 7.11 Å². The number of anilines is 1. The Kier molecular flexibility index (Phi) is 7.57. The standard InChI is InChI=1S/C23H32N4O6/c1-5-33-17(28)15-24-22(31)27-13-11-23(12-14-27)18(19(32-4)21(30)26(23)3)20(29)25(2)16-9-7-6-8-10-16/h6-10,18-19H,5,11-15H2,1-4H3,(H,24,31)/t18-,19+/m0/s1. The average molecular weight is 461 g/mol. The molecule has 4 amide bonds. The fraction of sp³-hybridized carbons (Fsp3) is 0.565. The molecule has 10 nitrogen and oxygen atoms in total. The lowest BCUT2D eigenvalue weighted by molar-refractivity contribution is -0.142. The Morgan fingerprint density at radius 1 is 1.18 bits per heavy atom. The van der Waals surface area contributed by atoms with Crippen molar-refractivity contribution in [2.75, 3.05) is 52.3 Å². The number of esters is 1. The third-order valence-corrected chi connectivity index (χ3v) is 6.72.